The zero-order valence-corrected chi connectivity index (χ0v) is 14.0. The summed E-state index contributed by atoms with van der Waals surface area (Å²) in [6.07, 6.45) is 1.58. The van der Waals surface area contributed by atoms with Crippen molar-refractivity contribution in [3.8, 4) is 0 Å². The van der Waals surface area contributed by atoms with Crippen LogP contribution in [-0.2, 0) is 4.74 Å². The van der Waals surface area contributed by atoms with Gasteiger partial charge in [-0.2, -0.15) is 0 Å². The molecule has 1 saturated heterocycles. The van der Waals surface area contributed by atoms with Crippen molar-refractivity contribution in [2.24, 2.45) is 4.99 Å². The smallest absolute Gasteiger partial charge is 0.324 e. The van der Waals surface area contributed by atoms with Gasteiger partial charge in [-0.1, -0.05) is 23.9 Å². The fraction of sp³-hybridized carbons (Fsp3) is 0.333. The van der Waals surface area contributed by atoms with E-state index in [-0.39, 0.29) is 17.5 Å². The summed E-state index contributed by atoms with van der Waals surface area (Å²) >= 11 is 1.19. The van der Waals surface area contributed by atoms with Gasteiger partial charge < -0.3 is 14.3 Å². The first-order valence-electron chi connectivity index (χ1n) is 7.72. The monoisotopic (exact) mass is 361 g/mol. The van der Waals surface area contributed by atoms with Gasteiger partial charge in [-0.3, -0.25) is 4.52 Å². The molecule has 0 spiro atoms. The van der Waals surface area contributed by atoms with Crippen molar-refractivity contribution in [1.29, 1.82) is 0 Å². The van der Waals surface area contributed by atoms with Gasteiger partial charge in [0.1, 0.15) is 5.52 Å². The molecule has 0 unspecified atom stereocenters. The molecule has 1 aromatic carbocycles. The standard InChI is InChI=1S/C15H15N5O4S/c21-13(10-25-15-16-11-3-1-2-4-12(11)23-15)17-14-9-20(18-24-14)19-5-7-22-8-6-19/h1-4,9H,5-8,10H2. The Kier molecular flexibility index (Phi) is 4.53. The summed E-state index contributed by atoms with van der Waals surface area (Å²) < 4.78 is 15.9. The molecule has 1 aliphatic heterocycles. The fourth-order valence-electron chi connectivity index (χ4n) is 2.36. The highest BCUT2D eigenvalue weighted by Gasteiger charge is 2.22. The van der Waals surface area contributed by atoms with Gasteiger partial charge in [-0.25, -0.2) is 9.98 Å². The van der Waals surface area contributed by atoms with E-state index in [0.717, 1.165) is 5.52 Å². The molecule has 4 rings (SSSR count). The Labute approximate surface area is 146 Å². The van der Waals surface area contributed by atoms with Crippen LogP contribution in [0.25, 0.3) is 11.1 Å². The van der Waals surface area contributed by atoms with Gasteiger partial charge in [0.25, 0.3) is 11.4 Å². The summed E-state index contributed by atoms with van der Waals surface area (Å²) in [6, 6.07) is 7.44. The van der Waals surface area contributed by atoms with E-state index < -0.39 is 0 Å². The van der Waals surface area contributed by atoms with E-state index >= 15 is 0 Å². The third-order valence-electron chi connectivity index (χ3n) is 3.55. The number of nitrogens with zero attached hydrogens (tertiary/aromatic N) is 5. The zero-order chi connectivity index (χ0) is 17.1. The third-order valence-corrected chi connectivity index (χ3v) is 4.36. The number of aliphatic imine (C=N–C) groups is 1. The summed E-state index contributed by atoms with van der Waals surface area (Å²) in [5.41, 5.74) is 1.45. The van der Waals surface area contributed by atoms with Crippen LogP contribution in [0.4, 0.5) is 5.88 Å². The molecule has 2 aromatic heterocycles. The molecule has 3 heterocycles. The van der Waals surface area contributed by atoms with Gasteiger partial charge in [0, 0.05) is 5.75 Å². The first kappa shape index (κ1) is 15.9. The number of para-hydroxylation sites is 2. The normalized spacial score (nSPS) is 15.8. The lowest BCUT2D eigenvalue weighted by Crippen LogP contribution is -2.62. The largest absolute Gasteiger partial charge is 0.861 e. The number of fused-ring (bicyclic) bond motifs is 1. The van der Waals surface area contributed by atoms with Crippen LogP contribution in [0, 0.1) is 0 Å². The molecule has 0 aliphatic carbocycles. The SMILES string of the molecule is [O-]/C(CSc1nc2ccccc2o1)=N/c1c[n+](N2CCOCC2)no1. The van der Waals surface area contributed by atoms with Crippen LogP contribution in [0.5, 0.6) is 0 Å². The molecule has 1 aliphatic rings. The van der Waals surface area contributed by atoms with Gasteiger partial charge in [0.2, 0.25) is 5.27 Å². The number of hydrogen-bond donors (Lipinski definition) is 0. The Morgan fingerprint density at radius 1 is 1.32 bits per heavy atom. The molecule has 0 atom stereocenters. The maximum atomic E-state index is 12.0. The number of thioether (sulfide) groups is 1. The minimum atomic E-state index is -0.350. The Bertz CT molecular complexity index is 854. The van der Waals surface area contributed by atoms with Crippen LogP contribution in [-0.4, -0.2) is 48.2 Å². The first-order valence-corrected chi connectivity index (χ1v) is 8.71. The molecule has 10 heteroatoms. The Hall–Kier alpha value is -2.59. The Morgan fingerprint density at radius 2 is 2.16 bits per heavy atom. The van der Waals surface area contributed by atoms with Crippen molar-refractivity contribution in [3.63, 3.8) is 0 Å². The van der Waals surface area contributed by atoms with Crippen LogP contribution < -0.4 is 14.9 Å². The number of oxazole rings is 1. The first-order chi connectivity index (χ1) is 12.3. The summed E-state index contributed by atoms with van der Waals surface area (Å²) in [4.78, 5) is 9.75. The van der Waals surface area contributed by atoms with E-state index in [1.807, 2.05) is 29.3 Å². The van der Waals surface area contributed by atoms with E-state index in [1.165, 1.54) is 11.8 Å². The highest BCUT2D eigenvalue weighted by Crippen LogP contribution is 2.23. The number of benzene rings is 1. The molecule has 0 saturated carbocycles. The van der Waals surface area contributed by atoms with Crippen LogP contribution in [0.15, 0.2) is 49.6 Å². The summed E-state index contributed by atoms with van der Waals surface area (Å²) in [5.74, 6) is -0.0855. The van der Waals surface area contributed by atoms with Gasteiger partial charge in [-0.15, -0.1) is 5.01 Å². The fourth-order valence-corrected chi connectivity index (χ4v) is 2.99. The molecule has 0 amide bonds. The summed E-state index contributed by atoms with van der Waals surface area (Å²) in [5, 5.41) is 18.3. The van der Waals surface area contributed by atoms with Crippen molar-refractivity contribution >= 4 is 34.6 Å². The molecular weight excluding hydrogens is 346 g/mol. The van der Waals surface area contributed by atoms with Crippen LogP contribution in [0.1, 0.15) is 0 Å². The molecule has 0 radical (unpaired) electrons. The van der Waals surface area contributed by atoms with Crippen LogP contribution in [0.2, 0.25) is 0 Å². The molecule has 130 valence electrons. The molecule has 0 bridgehead atoms. The van der Waals surface area contributed by atoms with Gasteiger partial charge in [-0.05, 0) is 18.0 Å². The second-order valence-electron chi connectivity index (χ2n) is 5.27. The minimum absolute atomic E-state index is 0.102. The lowest BCUT2D eigenvalue weighted by Gasteiger charge is -2.18. The number of ether oxygens (including phenoxy) is 1. The molecule has 9 nitrogen and oxygen atoms in total. The lowest BCUT2D eigenvalue weighted by molar-refractivity contribution is -0.759. The lowest BCUT2D eigenvalue weighted by atomic mass is 10.3. The topological polar surface area (TPSA) is 104 Å². The molecule has 0 N–H and O–H groups in total. The summed E-state index contributed by atoms with van der Waals surface area (Å²) in [6.45, 7) is 2.68. The Morgan fingerprint density at radius 3 is 3.00 bits per heavy atom. The number of morpholine rings is 1. The van der Waals surface area contributed by atoms with Crippen LogP contribution >= 0.6 is 11.8 Å². The van der Waals surface area contributed by atoms with E-state index in [1.54, 1.807) is 11.0 Å². The van der Waals surface area contributed by atoms with Gasteiger partial charge in [0.15, 0.2) is 5.58 Å². The van der Waals surface area contributed by atoms with E-state index in [0.29, 0.717) is 37.1 Å². The van der Waals surface area contributed by atoms with Gasteiger partial charge >= 0.3 is 5.88 Å². The second kappa shape index (κ2) is 7.11. The van der Waals surface area contributed by atoms with E-state index in [2.05, 4.69) is 15.2 Å². The van der Waals surface area contributed by atoms with E-state index in [9.17, 15) is 5.11 Å². The van der Waals surface area contributed by atoms with Crippen molar-refractivity contribution in [2.45, 2.75) is 5.22 Å². The van der Waals surface area contributed by atoms with Crippen molar-refractivity contribution in [2.75, 3.05) is 37.1 Å². The highest BCUT2D eigenvalue weighted by molar-refractivity contribution is 7.99. The Balaban J connectivity index is 1.38. The van der Waals surface area contributed by atoms with Gasteiger partial charge in [0.05, 0.1) is 31.1 Å². The van der Waals surface area contributed by atoms with E-state index in [4.69, 9.17) is 13.7 Å². The average Bonchev–Trinajstić information content (AvgIpc) is 3.27. The maximum absolute atomic E-state index is 12.0. The second-order valence-corrected chi connectivity index (χ2v) is 6.19. The average molecular weight is 361 g/mol. The number of hydrogen-bond acceptors (Lipinski definition) is 9. The zero-order valence-electron chi connectivity index (χ0n) is 13.2. The molecule has 25 heavy (non-hydrogen) atoms. The molecule has 3 aromatic rings. The number of rotatable bonds is 5. The minimum Gasteiger partial charge on any atom is -0.861 e. The van der Waals surface area contributed by atoms with Crippen LogP contribution in [0.3, 0.4) is 0 Å². The maximum Gasteiger partial charge on any atom is 0.324 e. The predicted molar refractivity (Wildman–Crippen MR) is 87.3 cm³/mol. The summed E-state index contributed by atoms with van der Waals surface area (Å²) in [7, 11) is 0. The highest BCUT2D eigenvalue weighted by atomic mass is 32.2. The van der Waals surface area contributed by atoms with Crippen molar-refractivity contribution in [3.05, 3.63) is 30.5 Å². The van der Waals surface area contributed by atoms with Crippen molar-refractivity contribution in [1.82, 2.24) is 10.3 Å². The van der Waals surface area contributed by atoms with Crippen molar-refractivity contribution < 1.29 is 23.6 Å². The predicted octanol–water partition coefficient (Wildman–Crippen LogP) is 0.254. The molecular formula is C15H15N5O4S. The molecule has 1 fully saturated rings. The quantitative estimate of drug-likeness (QED) is 0.276. The third kappa shape index (κ3) is 3.74. The number of aromatic nitrogens is 3.